The zero-order valence-corrected chi connectivity index (χ0v) is 9.44. The number of carbonyl (C=O) groups excluding carboxylic acids is 1. The van der Waals surface area contributed by atoms with Crippen molar-refractivity contribution in [2.24, 2.45) is 5.73 Å². The first-order chi connectivity index (χ1) is 8.27. The molecular weight excluding hydrogens is 210 g/mol. The quantitative estimate of drug-likeness (QED) is 0.793. The van der Waals surface area contributed by atoms with E-state index in [1.165, 1.54) is 11.1 Å². The number of benzene rings is 2. The molecule has 1 aliphatic rings. The van der Waals surface area contributed by atoms with E-state index < -0.39 is 0 Å². The van der Waals surface area contributed by atoms with Crippen molar-refractivity contribution in [3.8, 4) is 0 Å². The highest BCUT2D eigenvalue weighted by Gasteiger charge is 2.12. The summed E-state index contributed by atoms with van der Waals surface area (Å²) in [6.45, 7) is 0. The molecule has 2 nitrogen and oxygen atoms in total. The summed E-state index contributed by atoms with van der Waals surface area (Å²) in [6, 6.07) is 9.82. The van der Waals surface area contributed by atoms with E-state index in [2.05, 4.69) is 24.3 Å². The first kappa shape index (κ1) is 10.1. The average molecular weight is 223 g/mol. The molecule has 17 heavy (non-hydrogen) atoms. The first-order valence-corrected chi connectivity index (χ1v) is 5.78. The Bertz CT molecular complexity index is 641. The van der Waals surface area contributed by atoms with Crippen LogP contribution in [0.2, 0.25) is 0 Å². The number of fused-ring (bicyclic) bond motifs is 3. The van der Waals surface area contributed by atoms with Crippen molar-refractivity contribution in [3.05, 3.63) is 53.1 Å². The number of primary amides is 1. The maximum Gasteiger partial charge on any atom is 0.249 e. The van der Waals surface area contributed by atoms with Crippen molar-refractivity contribution in [3.63, 3.8) is 0 Å². The van der Waals surface area contributed by atoms with Crippen molar-refractivity contribution < 1.29 is 4.79 Å². The lowest BCUT2D eigenvalue weighted by atomic mass is 9.90. The van der Waals surface area contributed by atoms with Crippen molar-refractivity contribution in [1.82, 2.24) is 0 Å². The van der Waals surface area contributed by atoms with Gasteiger partial charge in [-0.15, -0.1) is 0 Å². The van der Waals surface area contributed by atoms with Gasteiger partial charge in [0.1, 0.15) is 0 Å². The summed E-state index contributed by atoms with van der Waals surface area (Å²) in [7, 11) is 0. The van der Waals surface area contributed by atoms with Gasteiger partial charge in [0.2, 0.25) is 5.91 Å². The Hall–Kier alpha value is -2.09. The number of hydrogen-bond acceptors (Lipinski definition) is 1. The van der Waals surface area contributed by atoms with Crippen LogP contribution in [0.15, 0.2) is 36.4 Å². The van der Waals surface area contributed by atoms with Crippen LogP contribution in [-0.2, 0) is 6.42 Å². The molecule has 0 heterocycles. The summed E-state index contributed by atoms with van der Waals surface area (Å²) in [6.07, 6.45) is 6.43. The number of nitrogens with two attached hydrogens (primary N) is 1. The monoisotopic (exact) mass is 223 g/mol. The van der Waals surface area contributed by atoms with Crippen molar-refractivity contribution >= 4 is 22.8 Å². The lowest BCUT2D eigenvalue weighted by molar-refractivity contribution is 0.100. The number of amides is 1. The fourth-order valence-corrected chi connectivity index (χ4v) is 2.53. The van der Waals surface area contributed by atoms with Crippen LogP contribution >= 0.6 is 0 Å². The molecule has 0 unspecified atom stereocenters. The highest BCUT2D eigenvalue weighted by Crippen LogP contribution is 2.29. The Morgan fingerprint density at radius 3 is 2.82 bits per heavy atom. The third-order valence-corrected chi connectivity index (χ3v) is 3.33. The van der Waals surface area contributed by atoms with Crippen molar-refractivity contribution in [1.29, 1.82) is 0 Å². The number of aryl methyl sites for hydroxylation is 1. The zero-order chi connectivity index (χ0) is 11.8. The smallest absolute Gasteiger partial charge is 0.249 e. The molecule has 0 saturated carbocycles. The predicted molar refractivity (Wildman–Crippen MR) is 69.8 cm³/mol. The molecule has 2 aromatic rings. The second kappa shape index (κ2) is 3.74. The van der Waals surface area contributed by atoms with E-state index in [0.717, 1.165) is 23.6 Å². The van der Waals surface area contributed by atoms with Gasteiger partial charge in [-0.05, 0) is 40.8 Å². The molecule has 0 aromatic heterocycles. The summed E-state index contributed by atoms with van der Waals surface area (Å²) >= 11 is 0. The van der Waals surface area contributed by atoms with Crippen LogP contribution in [0.5, 0.6) is 0 Å². The fraction of sp³-hybridized carbons (Fsp3) is 0.133. The fourth-order valence-electron chi connectivity index (χ4n) is 2.53. The van der Waals surface area contributed by atoms with Crippen LogP contribution in [0.25, 0.3) is 16.8 Å². The van der Waals surface area contributed by atoms with Gasteiger partial charge in [0, 0.05) is 5.56 Å². The standard InChI is InChI=1S/C15H13NO/c16-15(17)14-7-3-6-12-11-5-2-1-4-10(11)8-9-13(12)14/h1,3-4,6-9H,2,5H2,(H2,16,17). The summed E-state index contributed by atoms with van der Waals surface area (Å²) in [5.74, 6) is -0.359. The Balaban J connectivity index is 2.38. The van der Waals surface area contributed by atoms with E-state index in [-0.39, 0.29) is 5.91 Å². The molecular formula is C15H13NO. The molecule has 0 radical (unpaired) electrons. The van der Waals surface area contributed by atoms with E-state index in [4.69, 9.17) is 5.73 Å². The highest BCUT2D eigenvalue weighted by molar-refractivity contribution is 6.07. The van der Waals surface area contributed by atoms with Gasteiger partial charge in [-0.1, -0.05) is 36.4 Å². The molecule has 2 heteroatoms. The van der Waals surface area contributed by atoms with Gasteiger partial charge in [0.25, 0.3) is 0 Å². The summed E-state index contributed by atoms with van der Waals surface area (Å²) in [5.41, 5.74) is 8.60. The van der Waals surface area contributed by atoms with E-state index in [1.54, 1.807) is 6.07 Å². The van der Waals surface area contributed by atoms with Crippen LogP contribution in [0.3, 0.4) is 0 Å². The molecule has 0 fully saturated rings. The van der Waals surface area contributed by atoms with E-state index in [1.807, 2.05) is 12.1 Å². The molecule has 0 spiro atoms. The third-order valence-electron chi connectivity index (χ3n) is 3.33. The predicted octanol–water partition coefficient (Wildman–Crippen LogP) is 2.90. The number of carbonyl (C=O) groups is 1. The molecule has 0 bridgehead atoms. The van der Waals surface area contributed by atoms with Gasteiger partial charge >= 0.3 is 0 Å². The Morgan fingerprint density at radius 2 is 2.00 bits per heavy atom. The molecule has 0 saturated heterocycles. The minimum Gasteiger partial charge on any atom is -0.366 e. The molecule has 2 N–H and O–H groups in total. The second-order valence-corrected chi connectivity index (χ2v) is 4.34. The van der Waals surface area contributed by atoms with Gasteiger partial charge in [-0.2, -0.15) is 0 Å². The Labute approximate surface area is 99.7 Å². The van der Waals surface area contributed by atoms with Gasteiger partial charge in [0.05, 0.1) is 0 Å². The largest absolute Gasteiger partial charge is 0.366 e. The summed E-state index contributed by atoms with van der Waals surface area (Å²) < 4.78 is 0. The number of rotatable bonds is 1. The molecule has 3 rings (SSSR count). The molecule has 0 atom stereocenters. The normalized spacial score (nSPS) is 13.6. The SMILES string of the molecule is NC(=O)c1cccc2c3c(ccc12)C=CCC3. The van der Waals surface area contributed by atoms with Crippen LogP contribution < -0.4 is 5.73 Å². The minimum atomic E-state index is -0.359. The highest BCUT2D eigenvalue weighted by atomic mass is 16.1. The third kappa shape index (κ3) is 1.53. The van der Waals surface area contributed by atoms with Crippen LogP contribution in [0.4, 0.5) is 0 Å². The van der Waals surface area contributed by atoms with Gasteiger partial charge in [-0.25, -0.2) is 0 Å². The van der Waals surface area contributed by atoms with Gasteiger partial charge < -0.3 is 5.73 Å². The molecule has 2 aromatic carbocycles. The second-order valence-electron chi connectivity index (χ2n) is 4.34. The maximum atomic E-state index is 11.4. The number of hydrogen-bond donors (Lipinski definition) is 1. The van der Waals surface area contributed by atoms with Gasteiger partial charge in [-0.3, -0.25) is 4.79 Å². The summed E-state index contributed by atoms with van der Waals surface area (Å²) in [4.78, 5) is 11.4. The molecule has 1 amide bonds. The lowest BCUT2D eigenvalue weighted by Crippen LogP contribution is -2.11. The van der Waals surface area contributed by atoms with Crippen molar-refractivity contribution in [2.75, 3.05) is 0 Å². The Kier molecular flexibility index (Phi) is 2.22. The number of allylic oxidation sites excluding steroid dienone is 1. The summed E-state index contributed by atoms with van der Waals surface area (Å²) in [5, 5.41) is 2.12. The maximum absolute atomic E-state index is 11.4. The first-order valence-electron chi connectivity index (χ1n) is 5.78. The minimum absolute atomic E-state index is 0.359. The topological polar surface area (TPSA) is 43.1 Å². The van der Waals surface area contributed by atoms with E-state index in [9.17, 15) is 4.79 Å². The van der Waals surface area contributed by atoms with E-state index >= 15 is 0 Å². The molecule has 1 aliphatic carbocycles. The van der Waals surface area contributed by atoms with Crippen molar-refractivity contribution in [2.45, 2.75) is 12.8 Å². The zero-order valence-electron chi connectivity index (χ0n) is 9.44. The average Bonchev–Trinajstić information content (AvgIpc) is 2.37. The van der Waals surface area contributed by atoms with E-state index in [0.29, 0.717) is 5.56 Å². The van der Waals surface area contributed by atoms with Gasteiger partial charge in [0.15, 0.2) is 0 Å². The Morgan fingerprint density at radius 1 is 1.12 bits per heavy atom. The van der Waals surface area contributed by atoms with Crippen LogP contribution in [0, 0.1) is 0 Å². The lowest BCUT2D eigenvalue weighted by Gasteiger charge is -2.14. The molecule has 0 aliphatic heterocycles. The molecule has 84 valence electrons. The van der Waals surface area contributed by atoms with Crippen LogP contribution in [-0.4, -0.2) is 5.91 Å². The van der Waals surface area contributed by atoms with Crippen LogP contribution in [0.1, 0.15) is 27.9 Å².